The van der Waals surface area contributed by atoms with Gasteiger partial charge in [-0.05, 0) is 73.7 Å². The minimum Gasteiger partial charge on any atom is -0.506 e. The van der Waals surface area contributed by atoms with Crippen LogP contribution in [-0.4, -0.2) is 29.2 Å². The predicted molar refractivity (Wildman–Crippen MR) is 142 cm³/mol. The van der Waals surface area contributed by atoms with E-state index >= 15 is 0 Å². The van der Waals surface area contributed by atoms with Gasteiger partial charge >= 0.3 is 0 Å². The Balaban J connectivity index is 1.42. The fourth-order valence-corrected chi connectivity index (χ4v) is 5.99. The topological polar surface area (TPSA) is 113 Å². The average Bonchev–Trinajstić information content (AvgIpc) is 3.41. The van der Waals surface area contributed by atoms with Crippen molar-refractivity contribution in [2.75, 3.05) is 10.0 Å². The van der Waals surface area contributed by atoms with Crippen LogP contribution in [-0.2, 0) is 10.0 Å². The fourth-order valence-electron chi connectivity index (χ4n) is 3.65. The summed E-state index contributed by atoms with van der Waals surface area (Å²) in [6, 6.07) is 17.3. The maximum atomic E-state index is 13.4. The number of fused-ring (bicyclic) bond motifs is 1. The van der Waals surface area contributed by atoms with Crippen LogP contribution < -0.4 is 10.0 Å². The Morgan fingerprint density at radius 1 is 1.08 bits per heavy atom. The van der Waals surface area contributed by atoms with Gasteiger partial charge in [-0.3, -0.25) is 9.52 Å². The molecule has 0 saturated heterocycles. The Morgan fingerprint density at radius 3 is 2.57 bits per heavy atom. The molecule has 3 N–H and O–H groups in total. The Labute approximate surface area is 220 Å². The van der Waals surface area contributed by atoms with E-state index in [2.05, 4.69) is 15.1 Å². The van der Waals surface area contributed by atoms with Crippen LogP contribution in [0.2, 0.25) is 5.02 Å². The minimum absolute atomic E-state index is 0.0756. The van der Waals surface area contributed by atoms with Crippen molar-refractivity contribution in [3.05, 3.63) is 94.2 Å². The zero-order chi connectivity index (χ0) is 26.3. The number of anilines is 2. The summed E-state index contributed by atoms with van der Waals surface area (Å²) in [4.78, 5) is 13.9. The molecule has 37 heavy (non-hydrogen) atoms. The van der Waals surface area contributed by atoms with Gasteiger partial charge in [0.05, 0.1) is 32.5 Å². The summed E-state index contributed by atoms with van der Waals surface area (Å²) in [5.41, 5.74) is 1.50. The molecule has 12 heteroatoms. The van der Waals surface area contributed by atoms with Crippen LogP contribution in [0.25, 0.3) is 15.9 Å². The van der Waals surface area contributed by atoms with Crippen LogP contribution in [0.3, 0.4) is 0 Å². The Hall–Kier alpha value is -3.93. The third-order valence-electron chi connectivity index (χ3n) is 5.44. The van der Waals surface area contributed by atoms with Crippen molar-refractivity contribution in [1.82, 2.24) is 9.78 Å². The number of phenolic OH excluding ortho intramolecular Hbond substituents is 1. The van der Waals surface area contributed by atoms with Crippen molar-refractivity contribution in [2.24, 2.45) is 0 Å². The zero-order valence-electron chi connectivity index (χ0n) is 19.1. The summed E-state index contributed by atoms with van der Waals surface area (Å²) in [5, 5.41) is 18.5. The highest BCUT2D eigenvalue weighted by Crippen LogP contribution is 2.33. The van der Waals surface area contributed by atoms with Crippen LogP contribution in [0.1, 0.15) is 15.4 Å². The number of nitrogens with zero attached hydrogens (tertiary/aromatic N) is 2. The molecule has 0 atom stereocenters. The van der Waals surface area contributed by atoms with Crippen LogP contribution in [0.15, 0.2) is 77.7 Å². The number of aromatic hydroxyl groups is 1. The first-order valence-corrected chi connectivity index (χ1v) is 13.5. The first kappa shape index (κ1) is 24.8. The quantitative estimate of drug-likeness (QED) is 0.224. The lowest BCUT2D eigenvalue weighted by molar-refractivity contribution is 0.103. The van der Waals surface area contributed by atoms with Gasteiger partial charge in [-0.15, -0.1) is 11.3 Å². The highest BCUT2D eigenvalue weighted by atomic mass is 35.5. The number of hydrogen-bond acceptors (Lipinski definition) is 6. The molecule has 5 aromatic rings. The number of carbonyl (C=O) groups is 1. The van der Waals surface area contributed by atoms with Crippen LogP contribution in [0.4, 0.5) is 15.8 Å². The largest absolute Gasteiger partial charge is 0.506 e. The molecule has 0 radical (unpaired) electrons. The van der Waals surface area contributed by atoms with Crippen LogP contribution in [0.5, 0.6) is 5.75 Å². The number of sulfonamides is 1. The summed E-state index contributed by atoms with van der Waals surface area (Å²) < 4.78 is 43.1. The molecule has 0 aliphatic carbocycles. The second-order valence-electron chi connectivity index (χ2n) is 8.05. The van der Waals surface area contributed by atoms with E-state index in [4.69, 9.17) is 11.6 Å². The van der Waals surface area contributed by atoms with Gasteiger partial charge in [0, 0.05) is 10.4 Å². The molecule has 0 aliphatic heterocycles. The van der Waals surface area contributed by atoms with Gasteiger partial charge in [-0.25, -0.2) is 17.5 Å². The van der Waals surface area contributed by atoms with Crippen molar-refractivity contribution in [2.45, 2.75) is 11.8 Å². The second-order valence-corrected chi connectivity index (χ2v) is 11.2. The minimum atomic E-state index is -4.03. The molecule has 1 amide bonds. The number of aryl methyl sites for hydroxylation is 1. The maximum absolute atomic E-state index is 13.4. The number of amides is 1. The standard InChI is InChI=1S/C25H18ClFN4O4S2/c1-14-20-13-23(36-25(20)31(29-14)18-7-5-16(27)6-8-18)24(33)28-21-12-19(9-10-22(21)32)37(34,35)30-17-4-2-3-15(26)11-17/h2-13,30,32H,1H3,(H,28,33). The lowest BCUT2D eigenvalue weighted by Gasteiger charge is -2.11. The Morgan fingerprint density at radius 2 is 1.84 bits per heavy atom. The van der Waals surface area contributed by atoms with Gasteiger partial charge in [0.25, 0.3) is 15.9 Å². The number of phenols is 1. The zero-order valence-corrected chi connectivity index (χ0v) is 21.5. The number of carbonyl (C=O) groups excluding carboxylic acids is 1. The van der Waals surface area contributed by atoms with Gasteiger partial charge in [-0.1, -0.05) is 17.7 Å². The molecular weight excluding hydrogens is 539 g/mol. The normalized spacial score (nSPS) is 11.5. The lowest BCUT2D eigenvalue weighted by atomic mass is 10.2. The third-order valence-corrected chi connectivity index (χ3v) is 8.17. The van der Waals surface area contributed by atoms with Crippen molar-refractivity contribution >= 4 is 60.5 Å². The monoisotopic (exact) mass is 556 g/mol. The van der Waals surface area contributed by atoms with Gasteiger partial charge in [0.15, 0.2) is 0 Å². The average molecular weight is 557 g/mol. The van der Waals surface area contributed by atoms with E-state index in [-0.39, 0.29) is 27.8 Å². The SMILES string of the molecule is Cc1nn(-c2ccc(F)cc2)c2sc(C(=O)Nc3cc(S(=O)(=O)Nc4cccc(Cl)c4)ccc3O)cc12. The van der Waals surface area contributed by atoms with E-state index in [9.17, 15) is 22.7 Å². The van der Waals surface area contributed by atoms with Gasteiger partial charge < -0.3 is 10.4 Å². The number of rotatable bonds is 6. The highest BCUT2D eigenvalue weighted by molar-refractivity contribution is 7.92. The number of halogens is 2. The number of aromatic nitrogens is 2. The van der Waals surface area contributed by atoms with E-state index in [0.29, 0.717) is 26.1 Å². The molecular formula is C25H18ClFN4O4S2. The summed E-state index contributed by atoms with van der Waals surface area (Å²) in [6.07, 6.45) is 0. The molecule has 0 bridgehead atoms. The lowest BCUT2D eigenvalue weighted by Crippen LogP contribution is -2.14. The molecule has 5 rings (SSSR count). The molecule has 0 unspecified atom stereocenters. The summed E-state index contributed by atoms with van der Waals surface area (Å²) >= 11 is 7.09. The molecule has 0 aliphatic rings. The molecule has 0 saturated carbocycles. The Kier molecular flexibility index (Phi) is 6.36. The van der Waals surface area contributed by atoms with E-state index < -0.39 is 15.9 Å². The first-order valence-electron chi connectivity index (χ1n) is 10.8. The summed E-state index contributed by atoms with van der Waals surface area (Å²) in [7, 11) is -4.03. The number of hydrogen-bond donors (Lipinski definition) is 3. The molecule has 188 valence electrons. The van der Waals surface area contributed by atoms with Gasteiger partial charge in [0.1, 0.15) is 16.4 Å². The highest BCUT2D eigenvalue weighted by Gasteiger charge is 2.21. The van der Waals surface area contributed by atoms with Crippen molar-refractivity contribution in [3.63, 3.8) is 0 Å². The first-order chi connectivity index (χ1) is 17.6. The second kappa shape index (κ2) is 9.51. The summed E-state index contributed by atoms with van der Waals surface area (Å²) in [5.74, 6) is -1.22. The fraction of sp³-hybridized carbons (Fsp3) is 0.0400. The van der Waals surface area contributed by atoms with E-state index in [0.717, 1.165) is 16.7 Å². The van der Waals surface area contributed by atoms with Gasteiger partial charge in [-0.2, -0.15) is 5.10 Å². The van der Waals surface area contributed by atoms with E-state index in [1.807, 2.05) is 0 Å². The third kappa shape index (κ3) is 5.01. The number of thiophene rings is 1. The number of benzene rings is 3. The van der Waals surface area contributed by atoms with Crippen molar-refractivity contribution in [3.8, 4) is 11.4 Å². The number of nitrogens with one attached hydrogen (secondary N) is 2. The predicted octanol–water partition coefficient (Wildman–Crippen LogP) is 5.95. The molecule has 0 fully saturated rings. The smallest absolute Gasteiger partial charge is 0.265 e. The van der Waals surface area contributed by atoms with Gasteiger partial charge in [0.2, 0.25) is 0 Å². The Bertz CT molecular complexity index is 1770. The van der Waals surface area contributed by atoms with E-state index in [1.165, 1.54) is 36.4 Å². The molecule has 8 nitrogen and oxygen atoms in total. The molecule has 2 heterocycles. The molecule has 2 aromatic heterocycles. The molecule has 0 spiro atoms. The van der Waals surface area contributed by atoms with E-state index in [1.54, 1.807) is 48.0 Å². The van der Waals surface area contributed by atoms with Crippen LogP contribution in [0, 0.1) is 12.7 Å². The van der Waals surface area contributed by atoms with Crippen molar-refractivity contribution in [1.29, 1.82) is 0 Å². The van der Waals surface area contributed by atoms with Crippen molar-refractivity contribution < 1.29 is 22.7 Å². The van der Waals surface area contributed by atoms with Crippen LogP contribution >= 0.6 is 22.9 Å². The molecule has 3 aromatic carbocycles. The maximum Gasteiger partial charge on any atom is 0.265 e. The summed E-state index contributed by atoms with van der Waals surface area (Å²) in [6.45, 7) is 1.80.